The standard InChI is InChI=1S/C12H20N2O3S2/c1-13-8-11-4-5-12(18-11)19(15,16)14-6-7-17-9-10-2-3-10/h4-5,10,13-14H,2-3,6-9H2,1H3. The van der Waals surface area contributed by atoms with Crippen LogP contribution in [0.5, 0.6) is 0 Å². The first-order valence-corrected chi connectivity index (χ1v) is 8.72. The van der Waals surface area contributed by atoms with Crippen molar-refractivity contribution in [3.63, 3.8) is 0 Å². The summed E-state index contributed by atoms with van der Waals surface area (Å²) in [5, 5.41) is 3.00. The lowest BCUT2D eigenvalue weighted by molar-refractivity contribution is 0.129. The Bertz CT molecular complexity index is 495. The predicted molar refractivity (Wildman–Crippen MR) is 75.8 cm³/mol. The fraction of sp³-hybridized carbons (Fsp3) is 0.667. The molecule has 19 heavy (non-hydrogen) atoms. The Morgan fingerprint density at radius 2 is 2.21 bits per heavy atom. The lowest BCUT2D eigenvalue weighted by Crippen LogP contribution is -2.27. The number of nitrogens with one attached hydrogen (secondary N) is 2. The van der Waals surface area contributed by atoms with Crippen molar-refractivity contribution >= 4 is 21.4 Å². The van der Waals surface area contributed by atoms with Gasteiger partial charge in [-0.3, -0.25) is 0 Å². The molecule has 0 radical (unpaired) electrons. The summed E-state index contributed by atoms with van der Waals surface area (Å²) in [5.41, 5.74) is 0. The van der Waals surface area contributed by atoms with Crippen LogP contribution in [-0.4, -0.2) is 35.2 Å². The molecule has 0 atom stereocenters. The third-order valence-corrected chi connectivity index (χ3v) is 5.88. The first kappa shape index (κ1) is 14.9. The zero-order chi connectivity index (χ0) is 13.7. The van der Waals surface area contributed by atoms with E-state index in [1.54, 1.807) is 6.07 Å². The highest BCUT2D eigenvalue weighted by Crippen LogP contribution is 2.28. The molecule has 1 aliphatic carbocycles. The highest BCUT2D eigenvalue weighted by molar-refractivity contribution is 7.91. The fourth-order valence-electron chi connectivity index (χ4n) is 1.63. The number of ether oxygens (including phenoxy) is 1. The Balaban J connectivity index is 1.75. The summed E-state index contributed by atoms with van der Waals surface area (Å²) in [4.78, 5) is 1.01. The van der Waals surface area contributed by atoms with Gasteiger partial charge in [-0.25, -0.2) is 13.1 Å². The average Bonchev–Trinajstić information content (AvgIpc) is 3.06. The lowest BCUT2D eigenvalue weighted by Gasteiger charge is -2.05. The van der Waals surface area contributed by atoms with Crippen LogP contribution in [0, 0.1) is 5.92 Å². The largest absolute Gasteiger partial charge is 0.380 e. The van der Waals surface area contributed by atoms with E-state index in [0.717, 1.165) is 11.5 Å². The number of hydrogen-bond acceptors (Lipinski definition) is 5. The minimum absolute atomic E-state index is 0.328. The molecule has 7 heteroatoms. The van der Waals surface area contributed by atoms with Gasteiger partial charge in [0.25, 0.3) is 0 Å². The van der Waals surface area contributed by atoms with Gasteiger partial charge in [-0.1, -0.05) is 0 Å². The van der Waals surface area contributed by atoms with Crippen LogP contribution in [-0.2, 0) is 21.3 Å². The van der Waals surface area contributed by atoms with E-state index in [2.05, 4.69) is 10.0 Å². The zero-order valence-electron chi connectivity index (χ0n) is 11.0. The van der Waals surface area contributed by atoms with Crippen LogP contribution in [0.25, 0.3) is 0 Å². The van der Waals surface area contributed by atoms with E-state index in [1.165, 1.54) is 24.2 Å². The molecule has 0 saturated heterocycles. The van der Waals surface area contributed by atoms with Crippen LogP contribution < -0.4 is 10.0 Å². The molecule has 0 amide bonds. The van der Waals surface area contributed by atoms with E-state index in [4.69, 9.17) is 4.74 Å². The maximum atomic E-state index is 12.0. The van der Waals surface area contributed by atoms with Crippen molar-refractivity contribution in [2.45, 2.75) is 23.6 Å². The highest BCUT2D eigenvalue weighted by atomic mass is 32.2. The summed E-state index contributed by atoms with van der Waals surface area (Å²) in [5.74, 6) is 0.706. The van der Waals surface area contributed by atoms with E-state index < -0.39 is 10.0 Å². The molecule has 2 N–H and O–H groups in total. The Morgan fingerprint density at radius 1 is 1.42 bits per heavy atom. The topological polar surface area (TPSA) is 67.4 Å². The van der Waals surface area contributed by atoms with Crippen molar-refractivity contribution in [3.05, 3.63) is 17.0 Å². The van der Waals surface area contributed by atoms with Gasteiger partial charge in [0.1, 0.15) is 4.21 Å². The summed E-state index contributed by atoms with van der Waals surface area (Å²) in [6, 6.07) is 3.48. The molecule has 0 aromatic carbocycles. The molecule has 0 unspecified atom stereocenters. The third-order valence-electron chi connectivity index (χ3n) is 2.84. The Labute approximate surface area is 118 Å². The monoisotopic (exact) mass is 304 g/mol. The third kappa shape index (κ3) is 4.85. The average molecular weight is 304 g/mol. The molecule has 1 aliphatic rings. The predicted octanol–water partition coefficient (Wildman–Crippen LogP) is 1.17. The fourth-order valence-corrected chi connectivity index (χ4v) is 4.05. The van der Waals surface area contributed by atoms with Gasteiger partial charge in [0.15, 0.2) is 0 Å². The normalized spacial score (nSPS) is 15.8. The molecule has 5 nitrogen and oxygen atoms in total. The van der Waals surface area contributed by atoms with E-state index >= 15 is 0 Å². The summed E-state index contributed by atoms with van der Waals surface area (Å²) in [6.45, 7) is 2.20. The minimum Gasteiger partial charge on any atom is -0.380 e. The second kappa shape index (κ2) is 6.81. The van der Waals surface area contributed by atoms with Gasteiger partial charge in [-0.15, -0.1) is 11.3 Å². The second-order valence-corrected chi connectivity index (χ2v) is 7.83. The van der Waals surface area contributed by atoms with Gasteiger partial charge >= 0.3 is 0 Å². The molecular weight excluding hydrogens is 284 g/mol. The molecular formula is C12H20N2O3S2. The van der Waals surface area contributed by atoms with Crippen LogP contribution in [0.4, 0.5) is 0 Å². The molecule has 0 bridgehead atoms. The van der Waals surface area contributed by atoms with Crippen molar-refractivity contribution in [2.75, 3.05) is 26.8 Å². The molecule has 108 valence electrons. The van der Waals surface area contributed by atoms with Gasteiger partial charge in [0.2, 0.25) is 10.0 Å². The van der Waals surface area contributed by atoms with Crippen molar-refractivity contribution in [2.24, 2.45) is 5.92 Å². The van der Waals surface area contributed by atoms with E-state index in [0.29, 0.717) is 29.8 Å². The molecule has 2 rings (SSSR count). The van der Waals surface area contributed by atoms with Crippen LogP contribution in [0.1, 0.15) is 17.7 Å². The number of rotatable bonds is 9. The van der Waals surface area contributed by atoms with Crippen molar-refractivity contribution in [3.8, 4) is 0 Å². The Hall–Kier alpha value is -0.470. The first-order chi connectivity index (χ1) is 9.12. The van der Waals surface area contributed by atoms with E-state index in [-0.39, 0.29) is 0 Å². The smallest absolute Gasteiger partial charge is 0.250 e. The van der Waals surface area contributed by atoms with Crippen molar-refractivity contribution in [1.82, 2.24) is 10.0 Å². The van der Waals surface area contributed by atoms with Gasteiger partial charge in [0.05, 0.1) is 6.61 Å². The van der Waals surface area contributed by atoms with E-state index in [1.807, 2.05) is 13.1 Å². The molecule has 1 saturated carbocycles. The van der Waals surface area contributed by atoms with Crippen molar-refractivity contribution < 1.29 is 13.2 Å². The van der Waals surface area contributed by atoms with Crippen LogP contribution in [0.15, 0.2) is 16.3 Å². The van der Waals surface area contributed by atoms with Gasteiger partial charge in [-0.05, 0) is 37.9 Å². The number of sulfonamides is 1. The van der Waals surface area contributed by atoms with Crippen LogP contribution >= 0.6 is 11.3 Å². The summed E-state index contributed by atoms with van der Waals surface area (Å²) < 4.78 is 32.3. The summed E-state index contributed by atoms with van der Waals surface area (Å²) in [6.07, 6.45) is 2.49. The minimum atomic E-state index is -3.38. The Morgan fingerprint density at radius 3 is 2.89 bits per heavy atom. The summed E-state index contributed by atoms with van der Waals surface area (Å²) in [7, 11) is -1.55. The van der Waals surface area contributed by atoms with Gasteiger partial charge < -0.3 is 10.1 Å². The maximum Gasteiger partial charge on any atom is 0.250 e. The lowest BCUT2D eigenvalue weighted by atomic mass is 10.5. The number of hydrogen-bond donors (Lipinski definition) is 2. The molecule has 1 fully saturated rings. The van der Waals surface area contributed by atoms with Crippen LogP contribution in [0.2, 0.25) is 0 Å². The maximum absolute atomic E-state index is 12.0. The van der Waals surface area contributed by atoms with Crippen LogP contribution in [0.3, 0.4) is 0 Å². The SMILES string of the molecule is CNCc1ccc(S(=O)(=O)NCCOCC2CC2)s1. The molecule has 1 aromatic rings. The van der Waals surface area contributed by atoms with Crippen molar-refractivity contribution in [1.29, 1.82) is 0 Å². The first-order valence-electron chi connectivity index (χ1n) is 6.42. The molecule has 1 aromatic heterocycles. The summed E-state index contributed by atoms with van der Waals surface area (Å²) >= 11 is 1.29. The molecule has 0 aliphatic heterocycles. The van der Waals surface area contributed by atoms with Gasteiger partial charge in [0, 0.05) is 24.6 Å². The second-order valence-electron chi connectivity index (χ2n) is 4.67. The number of thiophene rings is 1. The van der Waals surface area contributed by atoms with E-state index in [9.17, 15) is 8.42 Å². The molecule has 0 spiro atoms. The van der Waals surface area contributed by atoms with Gasteiger partial charge in [-0.2, -0.15) is 0 Å². The quantitative estimate of drug-likeness (QED) is 0.672. The molecule has 1 heterocycles. The highest BCUT2D eigenvalue weighted by Gasteiger charge is 2.21. The zero-order valence-corrected chi connectivity index (χ0v) is 12.6. The Kier molecular flexibility index (Phi) is 5.35.